The van der Waals surface area contributed by atoms with Gasteiger partial charge in [-0.3, -0.25) is 0 Å². The van der Waals surface area contributed by atoms with E-state index in [0.29, 0.717) is 17.2 Å². The highest BCUT2D eigenvalue weighted by molar-refractivity contribution is 9.09. The van der Waals surface area contributed by atoms with E-state index in [1.807, 2.05) is 24.3 Å². The van der Waals surface area contributed by atoms with Crippen LogP contribution >= 0.6 is 15.9 Å². The minimum absolute atomic E-state index is 0.612. The number of methoxy groups -OCH3 is 3. The van der Waals surface area contributed by atoms with E-state index in [-0.39, 0.29) is 0 Å². The Balaban J connectivity index is 3.20. The second-order valence-electron chi connectivity index (χ2n) is 3.02. The Morgan fingerprint density at radius 2 is 1.62 bits per heavy atom. The van der Waals surface area contributed by atoms with Crippen LogP contribution in [0.25, 0.3) is 6.08 Å². The molecule has 1 aromatic carbocycles. The standard InChI is InChI=1S/C12H15BrO3/c1-14-10-7-9(5-4-6-13)8-11(15-2)12(10)16-3/h4-5,7-8H,6H2,1-3H3/b5-4+. The van der Waals surface area contributed by atoms with Gasteiger partial charge in [0.15, 0.2) is 11.5 Å². The zero-order valence-electron chi connectivity index (χ0n) is 9.62. The first-order chi connectivity index (χ1) is 7.76. The van der Waals surface area contributed by atoms with Gasteiger partial charge >= 0.3 is 0 Å². The lowest BCUT2D eigenvalue weighted by atomic mass is 10.1. The second-order valence-corrected chi connectivity index (χ2v) is 3.66. The minimum atomic E-state index is 0.612. The summed E-state index contributed by atoms with van der Waals surface area (Å²) < 4.78 is 15.7. The Kier molecular flexibility index (Phi) is 5.19. The molecule has 16 heavy (non-hydrogen) atoms. The molecule has 0 heterocycles. The third-order valence-corrected chi connectivity index (χ3v) is 2.46. The number of alkyl halides is 1. The lowest BCUT2D eigenvalue weighted by Crippen LogP contribution is -1.95. The van der Waals surface area contributed by atoms with E-state index >= 15 is 0 Å². The van der Waals surface area contributed by atoms with Crippen molar-refractivity contribution >= 4 is 22.0 Å². The maximum Gasteiger partial charge on any atom is 0.203 e. The molecule has 88 valence electrons. The Morgan fingerprint density at radius 1 is 1.06 bits per heavy atom. The van der Waals surface area contributed by atoms with Crippen molar-refractivity contribution in [2.75, 3.05) is 26.7 Å². The predicted molar refractivity (Wildman–Crippen MR) is 68.9 cm³/mol. The van der Waals surface area contributed by atoms with Crippen LogP contribution in [0.15, 0.2) is 18.2 Å². The van der Waals surface area contributed by atoms with Crippen LogP contribution < -0.4 is 14.2 Å². The molecule has 0 saturated heterocycles. The SMILES string of the molecule is COc1cc(/C=C/CBr)cc(OC)c1OC. The molecule has 0 aliphatic heterocycles. The summed E-state index contributed by atoms with van der Waals surface area (Å²) in [4.78, 5) is 0. The fourth-order valence-electron chi connectivity index (χ4n) is 1.38. The molecule has 0 spiro atoms. The van der Waals surface area contributed by atoms with Gasteiger partial charge in [-0.2, -0.15) is 0 Å². The van der Waals surface area contributed by atoms with E-state index in [1.165, 1.54) is 0 Å². The van der Waals surface area contributed by atoms with Crippen molar-refractivity contribution in [2.24, 2.45) is 0 Å². The summed E-state index contributed by atoms with van der Waals surface area (Å²) >= 11 is 3.33. The molecule has 0 radical (unpaired) electrons. The van der Waals surface area contributed by atoms with Crippen LogP contribution in [0.3, 0.4) is 0 Å². The van der Waals surface area contributed by atoms with Gasteiger partial charge in [0.05, 0.1) is 21.3 Å². The molecule has 0 aliphatic rings. The van der Waals surface area contributed by atoms with E-state index in [4.69, 9.17) is 14.2 Å². The van der Waals surface area contributed by atoms with E-state index in [0.717, 1.165) is 10.9 Å². The summed E-state index contributed by atoms with van der Waals surface area (Å²) in [6.07, 6.45) is 3.99. The average Bonchev–Trinajstić information content (AvgIpc) is 2.34. The molecule has 3 nitrogen and oxygen atoms in total. The van der Waals surface area contributed by atoms with Crippen molar-refractivity contribution in [1.82, 2.24) is 0 Å². The number of halogens is 1. The molecule has 0 N–H and O–H groups in total. The lowest BCUT2D eigenvalue weighted by Gasteiger charge is -2.12. The first kappa shape index (κ1) is 12.9. The Hall–Kier alpha value is -1.16. The molecular weight excluding hydrogens is 272 g/mol. The summed E-state index contributed by atoms with van der Waals surface area (Å²) in [5.74, 6) is 1.94. The van der Waals surface area contributed by atoms with Gasteiger partial charge in [0, 0.05) is 5.33 Å². The highest BCUT2D eigenvalue weighted by atomic mass is 79.9. The molecule has 0 saturated carbocycles. The van der Waals surface area contributed by atoms with Gasteiger partial charge in [-0.05, 0) is 17.7 Å². The molecule has 0 bridgehead atoms. The van der Waals surface area contributed by atoms with Crippen molar-refractivity contribution < 1.29 is 14.2 Å². The zero-order valence-corrected chi connectivity index (χ0v) is 11.2. The summed E-state index contributed by atoms with van der Waals surface area (Å²) in [5.41, 5.74) is 1.01. The Morgan fingerprint density at radius 3 is 2.00 bits per heavy atom. The molecule has 0 unspecified atom stereocenters. The van der Waals surface area contributed by atoms with Crippen molar-refractivity contribution in [2.45, 2.75) is 0 Å². The molecule has 1 rings (SSSR count). The first-order valence-corrected chi connectivity index (χ1v) is 5.91. The molecular formula is C12H15BrO3. The average molecular weight is 287 g/mol. The monoisotopic (exact) mass is 286 g/mol. The van der Waals surface area contributed by atoms with E-state index in [1.54, 1.807) is 21.3 Å². The summed E-state index contributed by atoms with van der Waals surface area (Å²) in [7, 11) is 4.80. The van der Waals surface area contributed by atoms with Gasteiger partial charge in [-0.1, -0.05) is 28.1 Å². The molecule has 0 atom stereocenters. The molecule has 0 amide bonds. The van der Waals surface area contributed by atoms with E-state index in [2.05, 4.69) is 15.9 Å². The van der Waals surface area contributed by atoms with E-state index in [9.17, 15) is 0 Å². The maximum absolute atomic E-state index is 5.25. The topological polar surface area (TPSA) is 27.7 Å². The molecule has 4 heteroatoms. The first-order valence-electron chi connectivity index (χ1n) is 4.79. The van der Waals surface area contributed by atoms with E-state index < -0.39 is 0 Å². The highest BCUT2D eigenvalue weighted by Gasteiger charge is 2.11. The van der Waals surface area contributed by atoms with Gasteiger partial charge in [0.1, 0.15) is 0 Å². The fourth-order valence-corrected chi connectivity index (χ4v) is 1.57. The van der Waals surface area contributed by atoms with Crippen molar-refractivity contribution in [1.29, 1.82) is 0 Å². The Bertz CT molecular complexity index is 350. The van der Waals surface area contributed by atoms with Crippen LogP contribution in [-0.2, 0) is 0 Å². The lowest BCUT2D eigenvalue weighted by molar-refractivity contribution is 0.324. The molecule has 1 aromatic rings. The third kappa shape index (κ3) is 2.92. The van der Waals surface area contributed by atoms with Crippen LogP contribution in [0, 0.1) is 0 Å². The minimum Gasteiger partial charge on any atom is -0.493 e. The second kappa shape index (κ2) is 6.43. The zero-order chi connectivity index (χ0) is 12.0. The smallest absolute Gasteiger partial charge is 0.203 e. The summed E-state index contributed by atoms with van der Waals surface area (Å²) in [6, 6.07) is 3.81. The van der Waals surface area contributed by atoms with Crippen LogP contribution in [0.5, 0.6) is 17.2 Å². The van der Waals surface area contributed by atoms with Crippen LogP contribution in [0.4, 0.5) is 0 Å². The normalized spacial score (nSPS) is 10.5. The maximum atomic E-state index is 5.25. The van der Waals surface area contributed by atoms with Crippen LogP contribution in [-0.4, -0.2) is 26.7 Å². The summed E-state index contributed by atoms with van der Waals surface area (Å²) in [6.45, 7) is 0. The van der Waals surface area contributed by atoms with Crippen molar-refractivity contribution in [3.05, 3.63) is 23.8 Å². The number of ether oxygens (including phenoxy) is 3. The van der Waals surface area contributed by atoms with Crippen molar-refractivity contribution in [3.63, 3.8) is 0 Å². The fraction of sp³-hybridized carbons (Fsp3) is 0.333. The third-order valence-electron chi connectivity index (χ3n) is 2.09. The van der Waals surface area contributed by atoms with Gasteiger partial charge in [0.25, 0.3) is 0 Å². The van der Waals surface area contributed by atoms with Crippen LogP contribution in [0.2, 0.25) is 0 Å². The summed E-state index contributed by atoms with van der Waals surface area (Å²) in [5, 5.41) is 0.809. The van der Waals surface area contributed by atoms with Gasteiger partial charge in [-0.15, -0.1) is 0 Å². The highest BCUT2D eigenvalue weighted by Crippen LogP contribution is 2.38. The van der Waals surface area contributed by atoms with Crippen LogP contribution in [0.1, 0.15) is 5.56 Å². The predicted octanol–water partition coefficient (Wildman–Crippen LogP) is 3.12. The molecule has 0 aliphatic carbocycles. The number of hydrogen-bond acceptors (Lipinski definition) is 3. The number of hydrogen-bond donors (Lipinski definition) is 0. The quantitative estimate of drug-likeness (QED) is 0.779. The number of benzene rings is 1. The largest absolute Gasteiger partial charge is 0.493 e. The molecule has 0 aromatic heterocycles. The Labute approximate surface area is 104 Å². The van der Waals surface area contributed by atoms with Gasteiger partial charge < -0.3 is 14.2 Å². The number of allylic oxidation sites excluding steroid dienone is 1. The van der Waals surface area contributed by atoms with Gasteiger partial charge in [-0.25, -0.2) is 0 Å². The molecule has 0 fully saturated rings. The van der Waals surface area contributed by atoms with Crippen molar-refractivity contribution in [3.8, 4) is 17.2 Å². The van der Waals surface area contributed by atoms with Gasteiger partial charge in [0.2, 0.25) is 5.75 Å². The number of rotatable bonds is 5.